The number of rotatable bonds is 5. The van der Waals surface area contributed by atoms with Crippen LogP contribution < -0.4 is 0 Å². The van der Waals surface area contributed by atoms with E-state index in [0.29, 0.717) is 5.56 Å². The van der Waals surface area contributed by atoms with Gasteiger partial charge in [0.2, 0.25) is 0 Å². The number of likely N-dealkylation sites (tertiary alicyclic amines) is 1. The third kappa shape index (κ3) is 3.78. The third-order valence-corrected chi connectivity index (χ3v) is 3.41. The van der Waals surface area contributed by atoms with Crippen LogP contribution in [0.3, 0.4) is 0 Å². The fraction of sp³-hybridized carbons (Fsp3) is 0.533. The van der Waals surface area contributed by atoms with Crippen molar-refractivity contribution < 1.29 is 14.6 Å². The van der Waals surface area contributed by atoms with E-state index in [1.165, 1.54) is 18.4 Å². The maximum Gasteiger partial charge on any atom is 0.339 e. The van der Waals surface area contributed by atoms with Crippen molar-refractivity contribution in [1.82, 2.24) is 4.90 Å². The fourth-order valence-corrected chi connectivity index (χ4v) is 2.36. The fourth-order valence-electron chi connectivity index (χ4n) is 2.36. The molecule has 1 aromatic rings. The second-order valence-electron chi connectivity index (χ2n) is 4.88. The predicted octanol–water partition coefficient (Wildman–Crippen LogP) is 1.88. The van der Waals surface area contributed by atoms with Crippen molar-refractivity contribution in [2.45, 2.75) is 32.4 Å². The molecule has 1 unspecified atom stereocenters. The van der Waals surface area contributed by atoms with Gasteiger partial charge in [0.25, 0.3) is 0 Å². The second-order valence-corrected chi connectivity index (χ2v) is 4.88. The molecule has 4 nitrogen and oxygen atoms in total. The van der Waals surface area contributed by atoms with E-state index < -0.39 is 12.1 Å². The summed E-state index contributed by atoms with van der Waals surface area (Å²) in [5.74, 6) is -0.588. The molecular weight excluding hydrogens is 242 g/mol. The molecule has 104 valence electrons. The maximum atomic E-state index is 11.4. The molecule has 4 heteroatoms. The van der Waals surface area contributed by atoms with E-state index in [2.05, 4.69) is 4.90 Å². The molecular formula is C15H21NO3. The maximum absolute atomic E-state index is 11.4. The molecule has 1 atom stereocenters. The molecule has 0 spiro atoms. The molecule has 0 amide bonds. The van der Waals surface area contributed by atoms with Crippen molar-refractivity contribution in [2.24, 2.45) is 0 Å². The van der Waals surface area contributed by atoms with Gasteiger partial charge in [0.1, 0.15) is 0 Å². The molecule has 0 bridgehead atoms. The van der Waals surface area contributed by atoms with E-state index in [1.807, 2.05) is 12.1 Å². The lowest BCUT2D eigenvalue weighted by atomic mass is 10.1. The van der Waals surface area contributed by atoms with Crippen LogP contribution in [0.1, 0.15) is 37.0 Å². The van der Waals surface area contributed by atoms with Crippen molar-refractivity contribution in [3.05, 3.63) is 35.4 Å². The highest BCUT2D eigenvalue weighted by Gasteiger charge is 2.18. The van der Waals surface area contributed by atoms with E-state index in [9.17, 15) is 9.90 Å². The van der Waals surface area contributed by atoms with E-state index in [4.69, 9.17) is 4.74 Å². The van der Waals surface area contributed by atoms with Crippen LogP contribution >= 0.6 is 0 Å². The Hall–Kier alpha value is -1.39. The Labute approximate surface area is 114 Å². The highest BCUT2D eigenvalue weighted by atomic mass is 16.5. The smallest absolute Gasteiger partial charge is 0.339 e. The van der Waals surface area contributed by atoms with Crippen molar-refractivity contribution in [1.29, 1.82) is 0 Å². The molecule has 1 fully saturated rings. The molecule has 1 aliphatic rings. The number of hydrogen-bond donors (Lipinski definition) is 1. The molecule has 1 aliphatic heterocycles. The molecule has 0 saturated carbocycles. The van der Waals surface area contributed by atoms with E-state index >= 15 is 0 Å². The summed E-state index contributed by atoms with van der Waals surface area (Å²) >= 11 is 0. The van der Waals surface area contributed by atoms with Crippen LogP contribution in [0.15, 0.2) is 24.3 Å². The highest BCUT2D eigenvalue weighted by Crippen LogP contribution is 2.17. The minimum Gasteiger partial charge on any atom is -0.464 e. The van der Waals surface area contributed by atoms with Gasteiger partial charge in [-0.25, -0.2) is 4.79 Å². The molecule has 0 aliphatic carbocycles. The van der Waals surface area contributed by atoms with Crippen LogP contribution in [-0.2, 0) is 16.1 Å². The second kappa shape index (κ2) is 6.68. The molecule has 1 heterocycles. The summed E-state index contributed by atoms with van der Waals surface area (Å²) in [5, 5.41) is 9.81. The minimum absolute atomic E-state index is 0.281. The van der Waals surface area contributed by atoms with E-state index in [0.717, 1.165) is 19.6 Å². The molecule has 1 aromatic carbocycles. The molecule has 0 radical (unpaired) electrons. The van der Waals surface area contributed by atoms with E-state index in [-0.39, 0.29) is 6.61 Å². The zero-order valence-electron chi connectivity index (χ0n) is 11.3. The minimum atomic E-state index is -1.18. The van der Waals surface area contributed by atoms with Crippen molar-refractivity contribution in [2.75, 3.05) is 19.7 Å². The van der Waals surface area contributed by atoms with Crippen molar-refractivity contribution >= 4 is 5.97 Å². The van der Waals surface area contributed by atoms with Crippen LogP contribution in [0.25, 0.3) is 0 Å². The molecule has 2 rings (SSSR count). The summed E-state index contributed by atoms with van der Waals surface area (Å²) in [6.45, 7) is 5.27. The average Bonchev–Trinajstić information content (AvgIpc) is 2.92. The first-order valence-electron chi connectivity index (χ1n) is 6.86. The Kier molecular flexibility index (Phi) is 4.93. The Balaban J connectivity index is 1.95. The molecule has 1 N–H and O–H groups in total. The quantitative estimate of drug-likeness (QED) is 0.824. The largest absolute Gasteiger partial charge is 0.464 e. The van der Waals surface area contributed by atoms with Crippen LogP contribution in [-0.4, -0.2) is 35.7 Å². The number of carbonyl (C=O) groups is 1. The Morgan fingerprint density at radius 3 is 2.53 bits per heavy atom. The first-order valence-corrected chi connectivity index (χ1v) is 6.86. The van der Waals surface area contributed by atoms with Gasteiger partial charge in [-0.1, -0.05) is 24.3 Å². The average molecular weight is 263 g/mol. The van der Waals surface area contributed by atoms with Gasteiger partial charge in [0, 0.05) is 6.54 Å². The lowest BCUT2D eigenvalue weighted by Gasteiger charge is -2.15. The monoisotopic (exact) mass is 263 g/mol. The standard InChI is InChI=1S/C15H21NO3/c1-2-19-15(18)14(17)13-7-5-12(6-8-13)11-16-9-3-4-10-16/h5-8,14,17H,2-4,9-11H2,1H3. The number of aliphatic hydroxyl groups is 1. The number of carbonyl (C=O) groups excluding carboxylic acids is 1. The first kappa shape index (κ1) is 14.0. The van der Waals surface area contributed by atoms with Crippen molar-refractivity contribution in [3.63, 3.8) is 0 Å². The normalized spacial score (nSPS) is 17.4. The summed E-state index contributed by atoms with van der Waals surface area (Å²) in [5.41, 5.74) is 1.80. The van der Waals surface area contributed by atoms with Gasteiger partial charge >= 0.3 is 5.97 Å². The van der Waals surface area contributed by atoms with Crippen molar-refractivity contribution in [3.8, 4) is 0 Å². The third-order valence-electron chi connectivity index (χ3n) is 3.41. The van der Waals surface area contributed by atoms with Crippen LogP contribution in [0.4, 0.5) is 0 Å². The number of benzene rings is 1. The number of ether oxygens (including phenoxy) is 1. The van der Waals surface area contributed by atoms with Gasteiger partial charge in [0.15, 0.2) is 6.10 Å². The first-order chi connectivity index (χ1) is 9.20. The lowest BCUT2D eigenvalue weighted by Crippen LogP contribution is -2.18. The summed E-state index contributed by atoms with van der Waals surface area (Å²) in [6.07, 6.45) is 1.38. The zero-order chi connectivity index (χ0) is 13.7. The Bertz CT molecular complexity index is 410. The summed E-state index contributed by atoms with van der Waals surface area (Å²) in [6, 6.07) is 7.53. The lowest BCUT2D eigenvalue weighted by molar-refractivity contribution is -0.153. The van der Waals surface area contributed by atoms with Crippen LogP contribution in [0, 0.1) is 0 Å². The van der Waals surface area contributed by atoms with Gasteiger partial charge in [-0.2, -0.15) is 0 Å². The number of aliphatic hydroxyl groups excluding tert-OH is 1. The van der Waals surface area contributed by atoms with Gasteiger partial charge in [0.05, 0.1) is 6.61 Å². The Morgan fingerprint density at radius 1 is 1.32 bits per heavy atom. The van der Waals surface area contributed by atoms with Gasteiger partial charge in [-0.3, -0.25) is 4.90 Å². The molecule has 19 heavy (non-hydrogen) atoms. The van der Waals surface area contributed by atoms with Crippen LogP contribution in [0.2, 0.25) is 0 Å². The number of nitrogens with zero attached hydrogens (tertiary/aromatic N) is 1. The van der Waals surface area contributed by atoms with Crippen LogP contribution in [0.5, 0.6) is 0 Å². The summed E-state index contributed by atoms with van der Waals surface area (Å²) < 4.78 is 4.80. The summed E-state index contributed by atoms with van der Waals surface area (Å²) in [7, 11) is 0. The molecule has 0 aromatic heterocycles. The highest BCUT2D eigenvalue weighted by molar-refractivity contribution is 5.76. The zero-order valence-corrected chi connectivity index (χ0v) is 11.3. The Morgan fingerprint density at radius 2 is 1.95 bits per heavy atom. The van der Waals surface area contributed by atoms with E-state index in [1.54, 1.807) is 19.1 Å². The molecule has 1 saturated heterocycles. The number of hydrogen-bond acceptors (Lipinski definition) is 4. The summed E-state index contributed by atoms with van der Waals surface area (Å²) in [4.78, 5) is 13.8. The van der Waals surface area contributed by atoms with Gasteiger partial charge < -0.3 is 9.84 Å². The van der Waals surface area contributed by atoms with Gasteiger partial charge in [-0.05, 0) is 44.0 Å². The SMILES string of the molecule is CCOC(=O)C(O)c1ccc(CN2CCCC2)cc1. The number of esters is 1. The predicted molar refractivity (Wildman–Crippen MR) is 72.5 cm³/mol. The topological polar surface area (TPSA) is 49.8 Å². The van der Waals surface area contributed by atoms with Gasteiger partial charge in [-0.15, -0.1) is 0 Å².